The van der Waals surface area contributed by atoms with Crippen molar-refractivity contribution in [3.8, 4) is 0 Å². The lowest BCUT2D eigenvalue weighted by atomic mass is 10.1. The molecule has 0 aliphatic heterocycles. The quantitative estimate of drug-likeness (QED) is 0.451. The molecule has 0 aromatic heterocycles. The number of alkyl halides is 3. The average Bonchev–Trinajstić information content (AvgIpc) is 2.74. The summed E-state index contributed by atoms with van der Waals surface area (Å²) in [5, 5.41) is 2.14. The molecule has 0 saturated carbocycles. The third-order valence-electron chi connectivity index (χ3n) is 4.46. The maximum atomic E-state index is 13.0. The maximum absolute atomic E-state index is 13.0. The van der Waals surface area contributed by atoms with Crippen LogP contribution in [0.3, 0.4) is 0 Å². The highest BCUT2D eigenvalue weighted by Gasteiger charge is 2.33. The van der Waals surface area contributed by atoms with E-state index < -0.39 is 26.8 Å². The number of rotatable bonds is 7. The summed E-state index contributed by atoms with van der Waals surface area (Å²) in [5.41, 5.74) is -0.00754. The first kappa shape index (κ1) is 23.6. The summed E-state index contributed by atoms with van der Waals surface area (Å²) in [4.78, 5) is 11.9. The molecule has 3 aromatic carbocycles. The maximum Gasteiger partial charge on any atom is 0.417 e. The van der Waals surface area contributed by atoms with E-state index in [-0.39, 0.29) is 22.9 Å². The second-order valence-corrected chi connectivity index (χ2v) is 8.95. The molecule has 0 bridgehead atoms. The van der Waals surface area contributed by atoms with E-state index in [1.807, 2.05) is 30.3 Å². The zero-order valence-corrected chi connectivity index (χ0v) is 18.1. The number of nitrogens with one attached hydrogen (secondary N) is 2. The third kappa shape index (κ3) is 6.24. The van der Waals surface area contributed by atoms with Gasteiger partial charge in [0.25, 0.3) is 10.0 Å². The van der Waals surface area contributed by atoms with Gasteiger partial charge in [-0.15, -0.1) is 0 Å². The molecular formula is C22H18ClF3N2O3S. The van der Waals surface area contributed by atoms with Gasteiger partial charge >= 0.3 is 6.18 Å². The normalized spacial score (nSPS) is 11.8. The number of hydrogen-bond acceptors (Lipinski definition) is 3. The van der Waals surface area contributed by atoms with E-state index in [1.165, 1.54) is 24.3 Å². The van der Waals surface area contributed by atoms with Crippen LogP contribution in [0.4, 0.5) is 24.5 Å². The minimum absolute atomic E-state index is 0.178. The van der Waals surface area contributed by atoms with Gasteiger partial charge in [0.05, 0.1) is 15.5 Å². The second-order valence-electron chi connectivity index (χ2n) is 6.86. The van der Waals surface area contributed by atoms with Crippen molar-refractivity contribution in [3.05, 3.63) is 88.9 Å². The Morgan fingerprint density at radius 1 is 0.906 bits per heavy atom. The Balaban J connectivity index is 1.65. The Bertz CT molecular complexity index is 1200. The average molecular weight is 483 g/mol. The third-order valence-corrected chi connectivity index (χ3v) is 6.18. The van der Waals surface area contributed by atoms with Crippen molar-refractivity contribution in [2.75, 3.05) is 10.0 Å². The fraction of sp³-hybridized carbons (Fsp3) is 0.136. The van der Waals surface area contributed by atoms with E-state index in [2.05, 4.69) is 10.0 Å². The van der Waals surface area contributed by atoms with E-state index in [9.17, 15) is 26.4 Å². The van der Waals surface area contributed by atoms with Crippen molar-refractivity contribution in [2.24, 2.45) is 0 Å². The Hall–Kier alpha value is -3.04. The summed E-state index contributed by atoms with van der Waals surface area (Å²) in [6.45, 7) is 0. The first-order valence-electron chi connectivity index (χ1n) is 9.38. The first-order valence-corrected chi connectivity index (χ1v) is 11.2. The SMILES string of the molecule is O=C(CCc1ccccc1)Nc1ccc(S(=O)(=O)Nc2ccc(Cl)c(C(F)(F)F)c2)cc1. The van der Waals surface area contributed by atoms with Crippen LogP contribution in [-0.4, -0.2) is 14.3 Å². The Morgan fingerprint density at radius 2 is 1.53 bits per heavy atom. The number of carbonyl (C=O) groups is 1. The second kappa shape index (κ2) is 9.62. The highest BCUT2D eigenvalue weighted by atomic mass is 35.5. The molecular weight excluding hydrogens is 465 g/mol. The van der Waals surface area contributed by atoms with Crippen LogP contribution in [0.2, 0.25) is 5.02 Å². The largest absolute Gasteiger partial charge is 0.417 e. The molecule has 0 radical (unpaired) electrons. The summed E-state index contributed by atoms with van der Waals surface area (Å²) in [5.74, 6) is -0.233. The predicted octanol–water partition coefficient (Wildman–Crippen LogP) is 5.73. The van der Waals surface area contributed by atoms with Crippen LogP contribution in [-0.2, 0) is 27.4 Å². The molecule has 0 fully saturated rings. The standard InChI is InChI=1S/C22H18ClF3N2O3S/c23-20-12-9-17(14-19(20)22(24,25)26)28-32(30,31)18-10-7-16(8-11-18)27-21(29)13-6-15-4-2-1-3-5-15/h1-5,7-12,14,28H,6,13H2,(H,27,29). The van der Waals surface area contributed by atoms with Gasteiger partial charge in [0.1, 0.15) is 0 Å². The van der Waals surface area contributed by atoms with Gasteiger partial charge in [0.2, 0.25) is 5.91 Å². The lowest BCUT2D eigenvalue weighted by Crippen LogP contribution is -2.15. The summed E-state index contributed by atoms with van der Waals surface area (Å²) in [7, 11) is -4.15. The van der Waals surface area contributed by atoms with Crippen LogP contribution in [0.25, 0.3) is 0 Å². The van der Waals surface area contributed by atoms with E-state index in [0.717, 1.165) is 17.7 Å². The summed E-state index contributed by atoms with van der Waals surface area (Å²) in [6.07, 6.45) is -3.91. The van der Waals surface area contributed by atoms with Gasteiger partial charge < -0.3 is 5.32 Å². The Kier molecular flexibility index (Phi) is 7.10. The number of anilines is 2. The molecule has 0 saturated heterocycles. The van der Waals surface area contributed by atoms with Crippen molar-refractivity contribution in [3.63, 3.8) is 0 Å². The van der Waals surface area contributed by atoms with Gasteiger partial charge in [-0.2, -0.15) is 13.2 Å². The molecule has 0 aliphatic rings. The van der Waals surface area contributed by atoms with Crippen LogP contribution in [0.5, 0.6) is 0 Å². The summed E-state index contributed by atoms with van der Waals surface area (Å²) >= 11 is 5.55. The number of hydrogen-bond donors (Lipinski definition) is 2. The fourth-order valence-electron chi connectivity index (χ4n) is 2.86. The van der Waals surface area contributed by atoms with Crippen molar-refractivity contribution in [2.45, 2.75) is 23.9 Å². The lowest BCUT2D eigenvalue weighted by molar-refractivity contribution is -0.137. The van der Waals surface area contributed by atoms with Crippen molar-refractivity contribution >= 4 is 38.9 Å². The molecule has 32 heavy (non-hydrogen) atoms. The topological polar surface area (TPSA) is 75.3 Å². The lowest BCUT2D eigenvalue weighted by Gasteiger charge is -2.13. The van der Waals surface area contributed by atoms with Gasteiger partial charge in [-0.1, -0.05) is 41.9 Å². The van der Waals surface area contributed by atoms with Crippen molar-refractivity contribution in [1.29, 1.82) is 0 Å². The molecule has 2 N–H and O–H groups in total. The number of halogens is 4. The predicted molar refractivity (Wildman–Crippen MR) is 117 cm³/mol. The van der Waals surface area contributed by atoms with E-state index in [1.54, 1.807) is 0 Å². The molecule has 10 heteroatoms. The van der Waals surface area contributed by atoms with Crippen LogP contribution in [0.15, 0.2) is 77.7 Å². The van der Waals surface area contributed by atoms with Crippen molar-refractivity contribution in [1.82, 2.24) is 0 Å². The van der Waals surface area contributed by atoms with Crippen LogP contribution < -0.4 is 10.0 Å². The fourth-order valence-corrected chi connectivity index (χ4v) is 4.14. The van der Waals surface area contributed by atoms with Crippen LogP contribution in [0, 0.1) is 0 Å². The smallest absolute Gasteiger partial charge is 0.326 e. The first-order chi connectivity index (χ1) is 15.0. The zero-order chi connectivity index (χ0) is 23.4. The number of sulfonamides is 1. The van der Waals surface area contributed by atoms with E-state index >= 15 is 0 Å². The van der Waals surface area contributed by atoms with Gasteiger partial charge in [-0.3, -0.25) is 9.52 Å². The Morgan fingerprint density at radius 3 is 2.16 bits per heavy atom. The monoisotopic (exact) mass is 482 g/mol. The Labute approximate surface area is 188 Å². The molecule has 5 nitrogen and oxygen atoms in total. The van der Waals surface area contributed by atoms with Crippen molar-refractivity contribution < 1.29 is 26.4 Å². The molecule has 3 aromatic rings. The molecule has 0 unspecified atom stereocenters. The van der Waals surface area contributed by atoms with Gasteiger partial charge in [-0.25, -0.2) is 8.42 Å². The molecule has 0 heterocycles. The number of benzene rings is 3. The minimum Gasteiger partial charge on any atom is -0.326 e. The van der Waals surface area contributed by atoms with Crippen LogP contribution >= 0.6 is 11.6 Å². The van der Waals surface area contributed by atoms with Gasteiger partial charge in [-0.05, 0) is 54.4 Å². The molecule has 3 rings (SSSR count). The highest BCUT2D eigenvalue weighted by Crippen LogP contribution is 2.36. The minimum atomic E-state index is -4.72. The molecule has 168 valence electrons. The van der Waals surface area contributed by atoms with Gasteiger partial charge in [0.15, 0.2) is 0 Å². The molecule has 0 spiro atoms. The molecule has 1 amide bonds. The number of carbonyl (C=O) groups excluding carboxylic acids is 1. The van der Waals surface area contributed by atoms with E-state index in [4.69, 9.17) is 11.6 Å². The van der Waals surface area contributed by atoms with Crippen LogP contribution in [0.1, 0.15) is 17.5 Å². The van der Waals surface area contributed by atoms with E-state index in [0.29, 0.717) is 18.2 Å². The molecule has 0 atom stereocenters. The molecule has 0 aliphatic carbocycles. The number of amides is 1. The van der Waals surface area contributed by atoms with Gasteiger partial charge in [0, 0.05) is 17.8 Å². The summed E-state index contributed by atoms with van der Waals surface area (Å²) < 4.78 is 66.1. The highest BCUT2D eigenvalue weighted by molar-refractivity contribution is 7.92. The summed E-state index contributed by atoms with van der Waals surface area (Å²) in [6, 6.07) is 17.5. The number of aryl methyl sites for hydroxylation is 1. The zero-order valence-electron chi connectivity index (χ0n) is 16.5.